The Balaban J connectivity index is 2.88. The molecule has 0 aliphatic rings. The quantitative estimate of drug-likeness (QED) is 0.686. The van der Waals surface area contributed by atoms with E-state index in [2.05, 4.69) is 4.72 Å². The van der Waals surface area contributed by atoms with Crippen LogP contribution in [0.15, 0.2) is 16.3 Å². The zero-order chi connectivity index (χ0) is 14.6. The van der Waals surface area contributed by atoms with Crippen LogP contribution in [0.2, 0.25) is 0 Å². The highest BCUT2D eigenvalue weighted by atomic mass is 32.2. The number of aliphatic hydroxyl groups is 1. The topological polar surface area (TPSA) is 104 Å². The molecule has 2 unspecified atom stereocenters. The molecule has 19 heavy (non-hydrogen) atoms. The fourth-order valence-electron chi connectivity index (χ4n) is 1.39. The molecule has 9 heteroatoms. The lowest BCUT2D eigenvalue weighted by Gasteiger charge is -2.20. The van der Waals surface area contributed by atoms with Crippen LogP contribution in [0.5, 0.6) is 0 Å². The lowest BCUT2D eigenvalue weighted by atomic mass is 10.3. The maximum atomic E-state index is 12.0. The molecule has 0 radical (unpaired) electrons. The molecular formula is C10H15NO5S3. The molecule has 1 aromatic rings. The molecule has 3 N–H and O–H groups in total. The van der Waals surface area contributed by atoms with Crippen LogP contribution in [-0.2, 0) is 10.0 Å². The molecule has 1 heterocycles. The van der Waals surface area contributed by atoms with Gasteiger partial charge < -0.3 is 10.2 Å². The second-order valence-electron chi connectivity index (χ2n) is 3.79. The summed E-state index contributed by atoms with van der Waals surface area (Å²) in [6.07, 6.45) is 1.78. The number of nitrogens with one attached hydrogen (secondary N) is 1. The van der Waals surface area contributed by atoms with E-state index >= 15 is 0 Å². The zero-order valence-corrected chi connectivity index (χ0v) is 12.8. The number of hydrogen-bond acceptors (Lipinski definition) is 6. The molecule has 0 bridgehead atoms. The Labute approximate surface area is 119 Å². The Morgan fingerprint density at radius 2 is 2.16 bits per heavy atom. The van der Waals surface area contributed by atoms with Crippen LogP contribution in [-0.4, -0.2) is 48.8 Å². The fourth-order valence-corrected chi connectivity index (χ4v) is 4.55. The van der Waals surface area contributed by atoms with E-state index in [1.807, 2.05) is 0 Å². The molecule has 0 spiro atoms. The van der Waals surface area contributed by atoms with Crippen molar-refractivity contribution in [1.82, 2.24) is 4.72 Å². The van der Waals surface area contributed by atoms with Crippen LogP contribution in [0.3, 0.4) is 0 Å². The Kier molecular flexibility index (Phi) is 5.81. The van der Waals surface area contributed by atoms with Gasteiger partial charge in [0.1, 0.15) is 9.09 Å². The average molecular weight is 325 g/mol. The summed E-state index contributed by atoms with van der Waals surface area (Å²) in [7, 11) is -3.76. The normalized spacial score (nSPS) is 15.1. The number of carboxylic acids is 1. The van der Waals surface area contributed by atoms with Gasteiger partial charge in [0.2, 0.25) is 10.0 Å². The first-order valence-corrected chi connectivity index (χ1v) is 8.89. The minimum Gasteiger partial charge on any atom is -0.477 e. The molecule has 1 rings (SSSR count). The second-order valence-corrected chi connectivity index (χ2v) is 7.89. The van der Waals surface area contributed by atoms with Crippen molar-refractivity contribution in [2.75, 3.05) is 12.9 Å². The third-order valence-electron chi connectivity index (χ3n) is 2.44. The maximum absolute atomic E-state index is 12.0. The van der Waals surface area contributed by atoms with Gasteiger partial charge in [0.15, 0.2) is 0 Å². The van der Waals surface area contributed by atoms with Crippen molar-refractivity contribution in [3.8, 4) is 0 Å². The Bertz CT molecular complexity index is 535. The maximum Gasteiger partial charge on any atom is 0.345 e. The van der Waals surface area contributed by atoms with Crippen molar-refractivity contribution in [1.29, 1.82) is 0 Å². The van der Waals surface area contributed by atoms with Crippen molar-refractivity contribution in [2.45, 2.75) is 22.4 Å². The molecule has 6 nitrogen and oxygen atoms in total. The number of sulfonamides is 1. The number of thioether (sulfide) groups is 1. The molecule has 0 amide bonds. The van der Waals surface area contributed by atoms with Gasteiger partial charge in [-0.3, -0.25) is 0 Å². The van der Waals surface area contributed by atoms with Crippen LogP contribution in [0.4, 0.5) is 0 Å². The van der Waals surface area contributed by atoms with Crippen molar-refractivity contribution in [3.05, 3.63) is 17.0 Å². The second kappa shape index (κ2) is 6.71. The van der Waals surface area contributed by atoms with Crippen molar-refractivity contribution in [3.63, 3.8) is 0 Å². The summed E-state index contributed by atoms with van der Waals surface area (Å²) >= 11 is 2.05. The number of aliphatic hydroxyl groups excluding tert-OH is 1. The lowest BCUT2D eigenvalue weighted by Crippen LogP contribution is -2.40. The number of hydrogen-bond donors (Lipinski definition) is 3. The molecule has 2 atom stereocenters. The van der Waals surface area contributed by atoms with E-state index in [4.69, 9.17) is 10.2 Å². The van der Waals surface area contributed by atoms with E-state index in [9.17, 15) is 13.2 Å². The Morgan fingerprint density at radius 3 is 2.58 bits per heavy atom. The third-order valence-corrected chi connectivity index (χ3v) is 6.73. The molecular weight excluding hydrogens is 310 g/mol. The summed E-state index contributed by atoms with van der Waals surface area (Å²) in [4.78, 5) is 10.7. The number of carboxylic acid groups (broad SMARTS) is 1. The molecule has 0 aliphatic heterocycles. The van der Waals surface area contributed by atoms with Gasteiger partial charge in [0, 0.05) is 11.3 Å². The summed E-state index contributed by atoms with van der Waals surface area (Å²) in [5, 5.41) is 17.6. The van der Waals surface area contributed by atoms with E-state index < -0.39 is 22.0 Å². The van der Waals surface area contributed by atoms with Gasteiger partial charge in [-0.15, -0.1) is 11.3 Å². The van der Waals surface area contributed by atoms with Crippen molar-refractivity contribution < 1.29 is 23.4 Å². The van der Waals surface area contributed by atoms with Gasteiger partial charge in [0.05, 0.1) is 6.61 Å². The third kappa shape index (κ3) is 4.18. The fraction of sp³-hybridized carbons (Fsp3) is 0.500. The molecule has 0 saturated heterocycles. The predicted molar refractivity (Wildman–Crippen MR) is 75.5 cm³/mol. The first kappa shape index (κ1) is 16.4. The van der Waals surface area contributed by atoms with Gasteiger partial charge in [-0.1, -0.05) is 0 Å². The van der Waals surface area contributed by atoms with Crippen LogP contribution in [0, 0.1) is 0 Å². The lowest BCUT2D eigenvalue weighted by molar-refractivity contribution is 0.0702. The monoisotopic (exact) mass is 325 g/mol. The Hall–Kier alpha value is -0.610. The summed E-state index contributed by atoms with van der Waals surface area (Å²) in [6.45, 7) is 1.51. The summed E-state index contributed by atoms with van der Waals surface area (Å²) in [5.74, 6) is -1.16. The SMILES string of the molecule is CSC(CO)C(C)NS(=O)(=O)c1ccc(C(=O)O)s1. The smallest absolute Gasteiger partial charge is 0.345 e. The molecule has 0 fully saturated rings. The highest BCUT2D eigenvalue weighted by Gasteiger charge is 2.24. The van der Waals surface area contributed by atoms with Gasteiger partial charge >= 0.3 is 5.97 Å². The Morgan fingerprint density at radius 1 is 1.53 bits per heavy atom. The highest BCUT2D eigenvalue weighted by molar-refractivity contribution is 7.99. The number of aromatic carboxylic acids is 1. The van der Waals surface area contributed by atoms with Crippen LogP contribution < -0.4 is 4.72 Å². The first-order valence-electron chi connectivity index (χ1n) is 5.31. The van der Waals surface area contributed by atoms with Gasteiger partial charge in [-0.25, -0.2) is 17.9 Å². The molecule has 0 aliphatic carbocycles. The van der Waals surface area contributed by atoms with Crippen molar-refractivity contribution in [2.24, 2.45) is 0 Å². The number of rotatable bonds is 7. The average Bonchev–Trinajstić information content (AvgIpc) is 2.79. The molecule has 1 aromatic heterocycles. The first-order chi connectivity index (χ1) is 8.81. The molecule has 108 valence electrons. The van der Waals surface area contributed by atoms with E-state index in [1.165, 1.54) is 23.9 Å². The van der Waals surface area contributed by atoms with Crippen LogP contribution in [0.25, 0.3) is 0 Å². The predicted octanol–water partition coefficient (Wildman–Crippen LogP) is 0.837. The van der Waals surface area contributed by atoms with Gasteiger partial charge in [0.25, 0.3) is 0 Å². The van der Waals surface area contributed by atoms with Crippen LogP contribution >= 0.6 is 23.1 Å². The van der Waals surface area contributed by atoms with Crippen LogP contribution in [0.1, 0.15) is 16.6 Å². The molecule has 0 saturated carbocycles. The van der Waals surface area contributed by atoms with E-state index in [0.717, 1.165) is 0 Å². The van der Waals surface area contributed by atoms with E-state index in [0.29, 0.717) is 11.3 Å². The minimum atomic E-state index is -3.76. The largest absolute Gasteiger partial charge is 0.477 e. The van der Waals surface area contributed by atoms with Gasteiger partial charge in [-0.2, -0.15) is 11.8 Å². The summed E-state index contributed by atoms with van der Waals surface area (Å²) in [6, 6.07) is 2.06. The number of thiophene rings is 1. The van der Waals surface area contributed by atoms with E-state index in [-0.39, 0.29) is 20.9 Å². The summed E-state index contributed by atoms with van der Waals surface area (Å²) in [5.41, 5.74) is 0. The standard InChI is InChI=1S/C10H15NO5S3/c1-6(8(5-12)17-2)11-19(15,16)9-4-3-7(18-9)10(13)14/h3-4,6,8,11-12H,5H2,1-2H3,(H,13,14). The minimum absolute atomic E-state index is 0.0309. The highest BCUT2D eigenvalue weighted by Crippen LogP contribution is 2.22. The molecule has 0 aromatic carbocycles. The summed E-state index contributed by atoms with van der Waals surface area (Å²) < 4.78 is 26.4. The van der Waals surface area contributed by atoms with E-state index in [1.54, 1.807) is 13.2 Å². The van der Waals surface area contributed by atoms with Gasteiger partial charge in [-0.05, 0) is 25.3 Å². The number of carbonyl (C=O) groups is 1. The zero-order valence-electron chi connectivity index (χ0n) is 10.4. The van der Waals surface area contributed by atoms with Crippen molar-refractivity contribution >= 4 is 39.1 Å².